The number of benzene rings is 2. The maximum atomic E-state index is 13.0. The van der Waals surface area contributed by atoms with Gasteiger partial charge in [0.2, 0.25) is 5.88 Å². The van der Waals surface area contributed by atoms with Gasteiger partial charge in [-0.1, -0.05) is 0 Å². The minimum absolute atomic E-state index is 0.0240. The van der Waals surface area contributed by atoms with Crippen LogP contribution in [0.2, 0.25) is 0 Å². The van der Waals surface area contributed by atoms with Crippen molar-refractivity contribution in [2.45, 2.75) is 31.1 Å². The van der Waals surface area contributed by atoms with Gasteiger partial charge in [0.15, 0.2) is 0 Å². The van der Waals surface area contributed by atoms with Crippen LogP contribution in [-0.2, 0) is 22.9 Å². The summed E-state index contributed by atoms with van der Waals surface area (Å²) in [6.45, 7) is 1.86. The highest BCUT2D eigenvalue weighted by atomic mass is 32.2. The number of fused-ring (bicyclic) bond motifs is 1. The number of carboxylic acid groups (broad SMARTS) is 1. The predicted octanol–water partition coefficient (Wildman–Crippen LogP) is 3.50. The van der Waals surface area contributed by atoms with Crippen LogP contribution in [0.5, 0.6) is 11.6 Å². The number of hydrogen-bond acceptors (Lipinski definition) is 5. The van der Waals surface area contributed by atoms with E-state index in [0.717, 1.165) is 17.7 Å². The van der Waals surface area contributed by atoms with Gasteiger partial charge in [-0.15, -0.1) is 5.10 Å². The molecule has 1 aliphatic carbocycles. The molecule has 3 aromatic rings. The topological polar surface area (TPSA) is 121 Å². The van der Waals surface area contributed by atoms with Gasteiger partial charge in [-0.2, -0.15) is 0 Å². The molecule has 3 N–H and O–H groups in total. The van der Waals surface area contributed by atoms with Crippen molar-refractivity contribution in [3.63, 3.8) is 0 Å². The molecule has 0 bridgehead atoms. The molecule has 2 aromatic carbocycles. The van der Waals surface area contributed by atoms with Crippen LogP contribution in [0.4, 0.5) is 5.69 Å². The number of anilines is 1. The van der Waals surface area contributed by atoms with Crippen molar-refractivity contribution in [1.29, 1.82) is 0 Å². The fraction of sp³-hybridized carbons (Fsp3) is 0.200. The first-order valence-electron chi connectivity index (χ1n) is 9.04. The zero-order valence-electron chi connectivity index (χ0n) is 15.6. The summed E-state index contributed by atoms with van der Waals surface area (Å²) < 4.78 is 34.0. The first-order chi connectivity index (χ1) is 13.8. The van der Waals surface area contributed by atoms with E-state index in [1.807, 2.05) is 6.92 Å². The van der Waals surface area contributed by atoms with Crippen molar-refractivity contribution in [2.24, 2.45) is 0 Å². The van der Waals surface area contributed by atoms with Gasteiger partial charge in [0.05, 0.1) is 10.5 Å². The second-order valence-electron chi connectivity index (χ2n) is 6.89. The van der Waals surface area contributed by atoms with Gasteiger partial charge in [-0.05, 0) is 73.7 Å². The minimum atomic E-state index is -3.93. The molecule has 0 amide bonds. The van der Waals surface area contributed by atoms with Gasteiger partial charge in [0.1, 0.15) is 5.75 Å². The third-order valence-electron chi connectivity index (χ3n) is 4.72. The Bertz CT molecular complexity index is 1180. The van der Waals surface area contributed by atoms with Crippen molar-refractivity contribution in [1.82, 2.24) is 10.2 Å². The second-order valence-corrected chi connectivity index (χ2v) is 8.54. The average Bonchev–Trinajstić information content (AvgIpc) is 3.30. The van der Waals surface area contributed by atoms with Gasteiger partial charge in [-0.3, -0.25) is 9.82 Å². The van der Waals surface area contributed by atoms with E-state index in [9.17, 15) is 18.3 Å². The van der Waals surface area contributed by atoms with E-state index in [1.165, 1.54) is 6.07 Å². The number of H-pyrrole nitrogens is 1. The number of aromatic amines is 1. The van der Waals surface area contributed by atoms with E-state index in [0.29, 0.717) is 35.7 Å². The van der Waals surface area contributed by atoms with Crippen LogP contribution in [-0.4, -0.2) is 29.7 Å². The Morgan fingerprint density at radius 3 is 2.59 bits per heavy atom. The number of ether oxygens (including phenoxy) is 1. The molecule has 8 nitrogen and oxygen atoms in total. The standard InChI is InChI=1S/C20H19N3O5S/c1-12-9-19(22-21-12)28-16-7-5-15(6-8-16)23-29(26,27)18-11-14(20(24)25)10-13-3-2-4-17(13)18/h5-11,23H,2-4H2,1H3,(H,21,22)(H,24,25). The maximum Gasteiger partial charge on any atom is 0.335 e. The molecule has 9 heteroatoms. The van der Waals surface area contributed by atoms with Crippen LogP contribution in [0, 0.1) is 6.92 Å². The smallest absolute Gasteiger partial charge is 0.335 e. The van der Waals surface area contributed by atoms with E-state index >= 15 is 0 Å². The van der Waals surface area contributed by atoms with Crippen molar-refractivity contribution >= 4 is 21.7 Å². The third kappa shape index (κ3) is 3.95. The molecule has 150 valence electrons. The Morgan fingerprint density at radius 2 is 1.93 bits per heavy atom. The van der Waals surface area contributed by atoms with Crippen LogP contribution in [0.25, 0.3) is 0 Å². The van der Waals surface area contributed by atoms with Gasteiger partial charge in [0, 0.05) is 17.4 Å². The monoisotopic (exact) mass is 413 g/mol. The summed E-state index contributed by atoms with van der Waals surface area (Å²) in [5.41, 5.74) is 2.66. The number of nitrogens with one attached hydrogen (secondary N) is 2. The molecule has 4 rings (SSSR count). The number of carbonyl (C=O) groups is 1. The SMILES string of the molecule is Cc1cc(Oc2ccc(NS(=O)(=O)c3cc(C(=O)O)cc4c3CCC4)cc2)n[nH]1. The maximum absolute atomic E-state index is 13.0. The van der Waals surface area contributed by atoms with E-state index < -0.39 is 16.0 Å². The Kier molecular flexibility index (Phi) is 4.75. The summed E-state index contributed by atoms with van der Waals surface area (Å²) in [6, 6.07) is 10.9. The highest BCUT2D eigenvalue weighted by Gasteiger charge is 2.26. The quantitative estimate of drug-likeness (QED) is 0.569. The van der Waals surface area contributed by atoms with Crippen molar-refractivity contribution < 1.29 is 23.1 Å². The van der Waals surface area contributed by atoms with Crippen LogP contribution >= 0.6 is 0 Å². The van der Waals surface area contributed by atoms with E-state index in [4.69, 9.17) is 4.74 Å². The molecule has 0 fully saturated rings. The lowest BCUT2D eigenvalue weighted by Gasteiger charge is -2.13. The van der Waals surface area contributed by atoms with Crippen LogP contribution in [0.3, 0.4) is 0 Å². The Labute approximate surface area is 167 Å². The largest absolute Gasteiger partial charge is 0.478 e. The zero-order chi connectivity index (χ0) is 20.6. The Morgan fingerprint density at radius 1 is 1.17 bits per heavy atom. The Balaban J connectivity index is 1.58. The molecule has 0 unspecified atom stereocenters. The molecule has 0 saturated heterocycles. The molecule has 1 heterocycles. The summed E-state index contributed by atoms with van der Waals surface area (Å²) in [4.78, 5) is 11.4. The lowest BCUT2D eigenvalue weighted by molar-refractivity contribution is 0.0696. The number of nitrogens with zero attached hydrogens (tertiary/aromatic N) is 1. The highest BCUT2D eigenvalue weighted by Crippen LogP contribution is 2.31. The minimum Gasteiger partial charge on any atom is -0.478 e. The lowest BCUT2D eigenvalue weighted by Crippen LogP contribution is -2.16. The van der Waals surface area contributed by atoms with Gasteiger partial charge < -0.3 is 9.84 Å². The normalized spacial score (nSPS) is 13.1. The lowest BCUT2D eigenvalue weighted by atomic mass is 10.1. The summed E-state index contributed by atoms with van der Waals surface area (Å²) in [5, 5.41) is 16.1. The molecule has 0 aliphatic heterocycles. The fourth-order valence-corrected chi connectivity index (χ4v) is 4.79. The number of hydrogen-bond donors (Lipinski definition) is 3. The average molecular weight is 413 g/mol. The zero-order valence-corrected chi connectivity index (χ0v) is 16.4. The van der Waals surface area contributed by atoms with Crippen molar-refractivity contribution in [3.8, 4) is 11.6 Å². The van der Waals surface area contributed by atoms with Crippen molar-refractivity contribution in [2.75, 3.05) is 4.72 Å². The molecule has 0 radical (unpaired) electrons. The first-order valence-corrected chi connectivity index (χ1v) is 10.5. The molecule has 0 atom stereocenters. The summed E-state index contributed by atoms with van der Waals surface area (Å²) in [5.74, 6) is -0.226. The van der Waals surface area contributed by atoms with Crippen LogP contribution < -0.4 is 9.46 Å². The molecular formula is C20H19N3O5S. The van der Waals surface area contributed by atoms with Gasteiger partial charge >= 0.3 is 5.97 Å². The number of aryl methyl sites for hydroxylation is 2. The summed E-state index contributed by atoms with van der Waals surface area (Å²) in [7, 11) is -3.93. The van der Waals surface area contributed by atoms with Gasteiger partial charge in [-0.25, -0.2) is 13.2 Å². The number of aromatic carboxylic acids is 1. The first kappa shape index (κ1) is 19.0. The molecule has 1 aliphatic rings. The number of sulfonamides is 1. The summed E-state index contributed by atoms with van der Waals surface area (Å²) >= 11 is 0. The molecule has 1 aromatic heterocycles. The number of aromatic nitrogens is 2. The molecular weight excluding hydrogens is 394 g/mol. The molecule has 0 saturated carbocycles. The molecule has 29 heavy (non-hydrogen) atoms. The number of carboxylic acids is 1. The van der Waals surface area contributed by atoms with Crippen molar-refractivity contribution in [3.05, 3.63) is 64.8 Å². The predicted molar refractivity (Wildman–Crippen MR) is 106 cm³/mol. The van der Waals surface area contributed by atoms with Crippen LogP contribution in [0.15, 0.2) is 47.4 Å². The van der Waals surface area contributed by atoms with Gasteiger partial charge in [0.25, 0.3) is 10.0 Å². The highest BCUT2D eigenvalue weighted by molar-refractivity contribution is 7.92. The fourth-order valence-electron chi connectivity index (χ4n) is 3.40. The Hall–Kier alpha value is -3.33. The van der Waals surface area contributed by atoms with E-state index in [2.05, 4.69) is 14.9 Å². The van der Waals surface area contributed by atoms with Crippen LogP contribution in [0.1, 0.15) is 33.6 Å². The second kappa shape index (κ2) is 7.25. The third-order valence-corrected chi connectivity index (χ3v) is 6.17. The van der Waals surface area contributed by atoms with E-state index in [-0.39, 0.29) is 10.5 Å². The van der Waals surface area contributed by atoms with E-state index in [1.54, 1.807) is 36.4 Å². The molecule has 0 spiro atoms. The number of rotatable bonds is 6. The summed E-state index contributed by atoms with van der Waals surface area (Å²) in [6.07, 6.45) is 2.10.